The number of ketones is 1. The summed E-state index contributed by atoms with van der Waals surface area (Å²) in [5.41, 5.74) is 0.326. The van der Waals surface area contributed by atoms with Crippen molar-refractivity contribution in [2.75, 3.05) is 6.61 Å². The Morgan fingerprint density at radius 1 is 1.36 bits per heavy atom. The van der Waals surface area contributed by atoms with Gasteiger partial charge in [-0.2, -0.15) is 0 Å². The first-order valence-corrected chi connectivity index (χ1v) is 4.41. The second kappa shape index (κ2) is 6.32. The quantitative estimate of drug-likeness (QED) is 0.370. The van der Waals surface area contributed by atoms with E-state index in [1.165, 1.54) is 6.92 Å². The topological polar surface area (TPSA) is 52.6 Å². The van der Waals surface area contributed by atoms with Crippen LogP contribution in [0, 0.1) is 0 Å². The van der Waals surface area contributed by atoms with Crippen LogP contribution in [0.2, 0.25) is 0 Å². The lowest BCUT2D eigenvalue weighted by Crippen LogP contribution is -2.19. The monoisotopic (exact) mass is 200 g/mol. The molecule has 0 saturated carbocycles. The number of hydrogen-bond acceptors (Lipinski definition) is 4. The van der Waals surface area contributed by atoms with Crippen LogP contribution in [0.4, 0.5) is 0 Å². The van der Waals surface area contributed by atoms with E-state index in [1.807, 2.05) is 0 Å². The summed E-state index contributed by atoms with van der Waals surface area (Å²) >= 11 is 0. The maximum absolute atomic E-state index is 11.0. The van der Waals surface area contributed by atoms with Crippen LogP contribution in [0.1, 0.15) is 27.2 Å². The Balaban J connectivity index is 3.65. The van der Waals surface area contributed by atoms with Crippen molar-refractivity contribution in [3.63, 3.8) is 0 Å². The zero-order valence-corrected chi connectivity index (χ0v) is 8.83. The Morgan fingerprint density at radius 3 is 2.36 bits per heavy atom. The molecule has 1 atom stereocenters. The lowest BCUT2D eigenvalue weighted by molar-refractivity contribution is -0.170. The van der Waals surface area contributed by atoms with Crippen molar-refractivity contribution in [3.8, 4) is 0 Å². The molecule has 0 saturated heterocycles. The van der Waals surface area contributed by atoms with Gasteiger partial charge >= 0.3 is 5.97 Å². The van der Waals surface area contributed by atoms with Crippen molar-refractivity contribution in [2.24, 2.45) is 0 Å². The van der Waals surface area contributed by atoms with E-state index in [4.69, 9.17) is 9.47 Å². The van der Waals surface area contributed by atoms with E-state index in [2.05, 4.69) is 6.58 Å². The smallest absolute Gasteiger partial charge is 0.335 e. The molecule has 0 aliphatic rings. The van der Waals surface area contributed by atoms with E-state index >= 15 is 0 Å². The molecule has 80 valence electrons. The average Bonchev–Trinajstić information content (AvgIpc) is 2.02. The minimum atomic E-state index is -0.640. The summed E-state index contributed by atoms with van der Waals surface area (Å²) in [7, 11) is 0. The Kier molecular flexibility index (Phi) is 5.79. The lowest BCUT2D eigenvalue weighted by Gasteiger charge is -2.13. The number of carbonyl (C=O) groups is 2. The molecule has 0 fully saturated rings. The van der Waals surface area contributed by atoms with Crippen molar-refractivity contribution in [1.29, 1.82) is 0 Å². The Labute approximate surface area is 83.9 Å². The molecular weight excluding hydrogens is 184 g/mol. The van der Waals surface area contributed by atoms with E-state index in [1.54, 1.807) is 13.8 Å². The van der Waals surface area contributed by atoms with Crippen LogP contribution in [0.15, 0.2) is 12.2 Å². The fourth-order valence-corrected chi connectivity index (χ4v) is 0.654. The maximum atomic E-state index is 11.0. The second-order valence-corrected chi connectivity index (χ2v) is 3.08. The molecule has 0 bridgehead atoms. The van der Waals surface area contributed by atoms with Gasteiger partial charge in [-0.3, -0.25) is 4.79 Å². The van der Waals surface area contributed by atoms with E-state index < -0.39 is 12.3 Å². The van der Waals surface area contributed by atoms with Crippen LogP contribution < -0.4 is 0 Å². The standard InChI is InChI=1S/C10H16O4/c1-7(2)10(12)14-9(4)13-6-5-8(3)11/h9H,1,5-6H2,2-4H3. The highest BCUT2D eigenvalue weighted by molar-refractivity contribution is 5.86. The van der Waals surface area contributed by atoms with Gasteiger partial charge in [0.2, 0.25) is 0 Å². The minimum absolute atomic E-state index is 0.0448. The summed E-state index contributed by atoms with van der Waals surface area (Å²) in [5.74, 6) is -0.441. The molecule has 0 aromatic rings. The van der Waals surface area contributed by atoms with Crippen molar-refractivity contribution in [1.82, 2.24) is 0 Å². The molecule has 4 heteroatoms. The zero-order chi connectivity index (χ0) is 11.1. The second-order valence-electron chi connectivity index (χ2n) is 3.08. The number of esters is 1. The predicted molar refractivity (Wildman–Crippen MR) is 51.6 cm³/mol. The molecule has 0 aromatic heterocycles. The molecule has 0 aromatic carbocycles. The Hall–Kier alpha value is -1.16. The third-order valence-electron chi connectivity index (χ3n) is 1.43. The van der Waals surface area contributed by atoms with Gasteiger partial charge in [0, 0.05) is 12.0 Å². The van der Waals surface area contributed by atoms with Gasteiger partial charge in [-0.1, -0.05) is 6.58 Å². The van der Waals surface area contributed by atoms with Gasteiger partial charge in [0.15, 0.2) is 6.29 Å². The largest absolute Gasteiger partial charge is 0.433 e. The molecule has 14 heavy (non-hydrogen) atoms. The van der Waals surface area contributed by atoms with E-state index in [-0.39, 0.29) is 12.4 Å². The van der Waals surface area contributed by atoms with Crippen molar-refractivity contribution >= 4 is 11.8 Å². The van der Waals surface area contributed by atoms with Crippen LogP contribution in [0.25, 0.3) is 0 Å². The fourth-order valence-electron chi connectivity index (χ4n) is 0.654. The summed E-state index contributed by atoms with van der Waals surface area (Å²) in [6.07, 6.45) is -0.312. The molecule has 0 N–H and O–H groups in total. The molecule has 0 amide bonds. The number of carbonyl (C=O) groups excluding carboxylic acids is 2. The first-order chi connectivity index (χ1) is 6.43. The summed E-state index contributed by atoms with van der Waals surface area (Å²) in [4.78, 5) is 21.5. The highest BCUT2D eigenvalue weighted by atomic mass is 16.7. The number of rotatable bonds is 6. The summed E-state index contributed by atoms with van der Waals surface area (Å²) in [6.45, 7) is 8.33. The SMILES string of the molecule is C=C(C)C(=O)OC(C)OCCC(C)=O. The molecule has 0 aliphatic carbocycles. The predicted octanol–water partition coefficient (Wildman–Crippen LogP) is 1.45. The van der Waals surface area contributed by atoms with Crippen LogP contribution in [-0.4, -0.2) is 24.6 Å². The van der Waals surface area contributed by atoms with Gasteiger partial charge in [-0.25, -0.2) is 4.79 Å². The zero-order valence-electron chi connectivity index (χ0n) is 8.83. The van der Waals surface area contributed by atoms with Crippen molar-refractivity contribution in [3.05, 3.63) is 12.2 Å². The van der Waals surface area contributed by atoms with Gasteiger partial charge in [0.25, 0.3) is 0 Å². The normalized spacial score (nSPS) is 11.9. The molecule has 0 aliphatic heterocycles. The summed E-state index contributed by atoms with van der Waals surface area (Å²) in [6, 6.07) is 0. The molecule has 0 heterocycles. The fraction of sp³-hybridized carbons (Fsp3) is 0.600. The highest BCUT2D eigenvalue weighted by Gasteiger charge is 2.09. The van der Waals surface area contributed by atoms with E-state index in [9.17, 15) is 9.59 Å². The van der Waals surface area contributed by atoms with Crippen LogP contribution in [-0.2, 0) is 19.1 Å². The van der Waals surface area contributed by atoms with Crippen LogP contribution >= 0.6 is 0 Å². The Bertz CT molecular complexity index is 232. The first-order valence-electron chi connectivity index (χ1n) is 4.41. The third kappa shape index (κ3) is 6.37. The number of hydrogen-bond donors (Lipinski definition) is 0. The van der Waals surface area contributed by atoms with Crippen molar-refractivity contribution in [2.45, 2.75) is 33.5 Å². The highest BCUT2D eigenvalue weighted by Crippen LogP contribution is 2.00. The van der Waals surface area contributed by atoms with Gasteiger partial charge < -0.3 is 9.47 Å². The van der Waals surface area contributed by atoms with Crippen LogP contribution in [0.3, 0.4) is 0 Å². The summed E-state index contributed by atoms with van der Waals surface area (Å²) < 4.78 is 9.89. The minimum Gasteiger partial charge on any atom is -0.433 e. The molecular formula is C10H16O4. The molecule has 0 spiro atoms. The number of Topliss-reactive ketones (excluding diaryl/α,β-unsaturated/α-hetero) is 1. The van der Waals surface area contributed by atoms with Gasteiger partial charge in [0.1, 0.15) is 5.78 Å². The molecule has 4 nitrogen and oxygen atoms in total. The molecule has 1 unspecified atom stereocenters. The van der Waals surface area contributed by atoms with Gasteiger partial charge in [-0.05, 0) is 20.8 Å². The van der Waals surface area contributed by atoms with Gasteiger partial charge in [0.05, 0.1) is 6.61 Å². The third-order valence-corrected chi connectivity index (χ3v) is 1.43. The van der Waals surface area contributed by atoms with Crippen molar-refractivity contribution < 1.29 is 19.1 Å². The lowest BCUT2D eigenvalue weighted by atomic mass is 10.3. The maximum Gasteiger partial charge on any atom is 0.335 e. The van der Waals surface area contributed by atoms with Gasteiger partial charge in [-0.15, -0.1) is 0 Å². The average molecular weight is 200 g/mol. The Morgan fingerprint density at radius 2 is 1.93 bits per heavy atom. The molecule has 0 radical (unpaired) electrons. The first kappa shape index (κ1) is 12.8. The van der Waals surface area contributed by atoms with Crippen LogP contribution in [0.5, 0.6) is 0 Å². The van der Waals surface area contributed by atoms with E-state index in [0.717, 1.165) is 0 Å². The van der Waals surface area contributed by atoms with E-state index in [0.29, 0.717) is 12.0 Å². The number of ether oxygens (including phenoxy) is 2. The molecule has 0 rings (SSSR count). The summed E-state index contributed by atoms with van der Waals surface area (Å²) in [5, 5.41) is 0.